The molecule has 0 aromatic carbocycles. The van der Waals surface area contributed by atoms with Gasteiger partial charge in [-0.05, 0) is 0 Å². The number of nitrogens with two attached hydrogens (primary N) is 1. The van der Waals surface area contributed by atoms with Crippen molar-refractivity contribution in [3.8, 4) is 0 Å². The molecule has 2 unspecified atom stereocenters. The number of carbonyl (C=O) groups is 1. The molecule has 0 spiro atoms. The Kier molecular flexibility index (Phi) is 2.85. The molecule has 3 atom stereocenters. The molecule has 1 aliphatic rings. The molecule has 5 N–H and O–H groups in total. The predicted octanol–water partition coefficient (Wildman–Crippen LogP) is -1.88. The zero-order valence-corrected chi connectivity index (χ0v) is 6.43. The topological polar surface area (TPSA) is 105 Å². The van der Waals surface area contributed by atoms with Crippen LogP contribution in [0.3, 0.4) is 0 Å². The number of ether oxygens (including phenoxy) is 1. The minimum Gasteiger partial charge on any atom is -0.394 e. The van der Waals surface area contributed by atoms with Crippen LogP contribution in [0.1, 0.15) is 6.42 Å². The summed E-state index contributed by atoms with van der Waals surface area (Å²) in [7, 11) is 0. The average molecular weight is 176 g/mol. The molecule has 1 heterocycles. The molecule has 0 aromatic heterocycles. The summed E-state index contributed by atoms with van der Waals surface area (Å²) in [6.07, 6.45) is -1.70. The highest BCUT2D eigenvalue weighted by Crippen LogP contribution is 2.17. The van der Waals surface area contributed by atoms with Crippen molar-refractivity contribution in [1.29, 1.82) is 0 Å². The molecule has 1 rings (SSSR count). The molecule has 12 heavy (non-hydrogen) atoms. The molecule has 1 fully saturated rings. The van der Waals surface area contributed by atoms with E-state index in [-0.39, 0.29) is 13.0 Å². The van der Waals surface area contributed by atoms with Gasteiger partial charge >= 0.3 is 6.03 Å². The quantitative estimate of drug-likeness (QED) is 0.395. The number of aliphatic hydroxyl groups is 2. The first kappa shape index (κ1) is 9.24. The van der Waals surface area contributed by atoms with E-state index < -0.39 is 24.5 Å². The standard InChI is InChI=1S/C6H12N2O4/c7-6(11)8-5-1-3(10)4(2-9)12-5/h3-5,9-10H,1-2H2,(H3,7,8,11)/t3-,4?,5?/m1/s1. The second kappa shape index (κ2) is 3.70. The first-order valence-electron chi connectivity index (χ1n) is 3.64. The van der Waals surface area contributed by atoms with Gasteiger partial charge in [0.15, 0.2) is 0 Å². The van der Waals surface area contributed by atoms with E-state index in [4.69, 9.17) is 15.6 Å². The zero-order chi connectivity index (χ0) is 9.14. The van der Waals surface area contributed by atoms with Gasteiger partial charge in [-0.25, -0.2) is 4.79 Å². The summed E-state index contributed by atoms with van der Waals surface area (Å²) < 4.78 is 5.02. The molecule has 0 aliphatic carbocycles. The predicted molar refractivity (Wildman–Crippen MR) is 39.1 cm³/mol. The van der Waals surface area contributed by atoms with E-state index in [1.165, 1.54) is 0 Å². The maximum absolute atomic E-state index is 10.3. The van der Waals surface area contributed by atoms with Crippen molar-refractivity contribution < 1.29 is 19.7 Å². The Balaban J connectivity index is 2.37. The molecule has 1 aliphatic heterocycles. The van der Waals surface area contributed by atoms with Crippen LogP contribution in [0.15, 0.2) is 0 Å². The third kappa shape index (κ3) is 2.07. The minimum atomic E-state index is -0.744. The van der Waals surface area contributed by atoms with Crippen LogP contribution >= 0.6 is 0 Å². The minimum absolute atomic E-state index is 0.258. The fourth-order valence-electron chi connectivity index (χ4n) is 1.14. The van der Waals surface area contributed by atoms with Gasteiger partial charge in [0.05, 0.1) is 12.7 Å². The number of primary amides is 1. The lowest BCUT2D eigenvalue weighted by Crippen LogP contribution is -2.38. The summed E-state index contributed by atoms with van der Waals surface area (Å²) in [5, 5.41) is 20.1. The third-order valence-corrected chi connectivity index (χ3v) is 1.71. The smallest absolute Gasteiger partial charge is 0.314 e. The number of carbonyl (C=O) groups excluding carboxylic acids is 1. The average Bonchev–Trinajstić information content (AvgIpc) is 2.29. The molecule has 0 radical (unpaired) electrons. The van der Waals surface area contributed by atoms with Crippen LogP contribution in [-0.4, -0.2) is 41.3 Å². The van der Waals surface area contributed by atoms with E-state index in [9.17, 15) is 9.90 Å². The summed E-state index contributed by atoms with van der Waals surface area (Å²) in [5.74, 6) is 0. The Hall–Kier alpha value is -0.850. The van der Waals surface area contributed by atoms with Crippen molar-refractivity contribution in [2.75, 3.05) is 6.61 Å². The summed E-state index contributed by atoms with van der Waals surface area (Å²) in [4.78, 5) is 10.3. The van der Waals surface area contributed by atoms with Crippen molar-refractivity contribution in [1.82, 2.24) is 5.32 Å². The molecule has 0 aromatic rings. The van der Waals surface area contributed by atoms with Crippen molar-refractivity contribution in [2.24, 2.45) is 5.73 Å². The summed E-state index contributed by atoms with van der Waals surface area (Å²) in [5.41, 5.74) is 4.83. The Bertz CT molecular complexity index is 175. The largest absolute Gasteiger partial charge is 0.394 e. The number of rotatable bonds is 2. The fourth-order valence-corrected chi connectivity index (χ4v) is 1.14. The highest BCUT2D eigenvalue weighted by atomic mass is 16.5. The van der Waals surface area contributed by atoms with Gasteiger partial charge in [0.1, 0.15) is 12.3 Å². The van der Waals surface area contributed by atoms with Gasteiger partial charge in [-0.3, -0.25) is 0 Å². The fraction of sp³-hybridized carbons (Fsp3) is 0.833. The number of amides is 2. The molecule has 2 amide bonds. The van der Waals surface area contributed by atoms with Crippen LogP contribution in [0.5, 0.6) is 0 Å². The molecule has 0 saturated carbocycles. The molecule has 6 heteroatoms. The van der Waals surface area contributed by atoms with Gasteiger partial charge < -0.3 is 26.0 Å². The van der Waals surface area contributed by atoms with Crippen LogP contribution in [-0.2, 0) is 4.74 Å². The second-order valence-electron chi connectivity index (χ2n) is 2.66. The zero-order valence-electron chi connectivity index (χ0n) is 6.43. The van der Waals surface area contributed by atoms with Gasteiger partial charge in [-0.2, -0.15) is 0 Å². The molecule has 6 nitrogen and oxygen atoms in total. The monoisotopic (exact) mass is 176 g/mol. The van der Waals surface area contributed by atoms with Crippen LogP contribution in [0.2, 0.25) is 0 Å². The molecular weight excluding hydrogens is 164 g/mol. The van der Waals surface area contributed by atoms with E-state index in [2.05, 4.69) is 5.32 Å². The third-order valence-electron chi connectivity index (χ3n) is 1.71. The lowest BCUT2D eigenvalue weighted by Gasteiger charge is -2.11. The highest BCUT2D eigenvalue weighted by Gasteiger charge is 2.33. The second-order valence-corrected chi connectivity index (χ2v) is 2.66. The van der Waals surface area contributed by atoms with Gasteiger partial charge in [0, 0.05) is 6.42 Å². The number of aliphatic hydroxyl groups excluding tert-OH is 2. The van der Waals surface area contributed by atoms with Crippen molar-refractivity contribution in [2.45, 2.75) is 24.9 Å². The van der Waals surface area contributed by atoms with Crippen molar-refractivity contribution in [3.05, 3.63) is 0 Å². The van der Waals surface area contributed by atoms with Crippen LogP contribution < -0.4 is 11.1 Å². The van der Waals surface area contributed by atoms with Crippen molar-refractivity contribution >= 4 is 6.03 Å². The summed E-state index contributed by atoms with van der Waals surface area (Å²) in [6, 6.07) is -0.703. The van der Waals surface area contributed by atoms with E-state index in [1.807, 2.05) is 0 Å². The van der Waals surface area contributed by atoms with Gasteiger partial charge in [0.25, 0.3) is 0 Å². The first-order valence-corrected chi connectivity index (χ1v) is 3.64. The maximum atomic E-state index is 10.3. The Morgan fingerprint density at radius 3 is 2.83 bits per heavy atom. The van der Waals surface area contributed by atoms with E-state index in [1.54, 1.807) is 0 Å². The van der Waals surface area contributed by atoms with Gasteiger partial charge in [0.2, 0.25) is 0 Å². The molecular formula is C6H12N2O4. The lowest BCUT2D eigenvalue weighted by atomic mass is 10.2. The van der Waals surface area contributed by atoms with E-state index in [0.29, 0.717) is 0 Å². The lowest BCUT2D eigenvalue weighted by molar-refractivity contribution is -0.0270. The van der Waals surface area contributed by atoms with Crippen LogP contribution in [0.4, 0.5) is 4.79 Å². The molecule has 1 saturated heterocycles. The SMILES string of the molecule is NC(=O)NC1C[C@@H](O)C(CO)O1. The Labute approximate surface area is 69.3 Å². The number of nitrogens with one attached hydrogen (secondary N) is 1. The molecule has 70 valence electrons. The number of hydrogen-bond acceptors (Lipinski definition) is 4. The summed E-state index contributed by atoms with van der Waals surface area (Å²) in [6.45, 7) is -0.266. The van der Waals surface area contributed by atoms with E-state index >= 15 is 0 Å². The highest BCUT2D eigenvalue weighted by molar-refractivity contribution is 5.71. The Morgan fingerprint density at radius 2 is 2.42 bits per heavy atom. The normalized spacial score (nSPS) is 35.0. The first-order chi connectivity index (χ1) is 5.63. The number of hydrogen-bond donors (Lipinski definition) is 4. The van der Waals surface area contributed by atoms with Gasteiger partial charge in [-0.15, -0.1) is 0 Å². The van der Waals surface area contributed by atoms with Crippen molar-refractivity contribution in [3.63, 3.8) is 0 Å². The maximum Gasteiger partial charge on any atom is 0.314 e. The number of urea groups is 1. The van der Waals surface area contributed by atoms with Gasteiger partial charge in [-0.1, -0.05) is 0 Å². The van der Waals surface area contributed by atoms with Crippen LogP contribution in [0, 0.1) is 0 Å². The Morgan fingerprint density at radius 1 is 1.75 bits per heavy atom. The van der Waals surface area contributed by atoms with Crippen LogP contribution in [0.25, 0.3) is 0 Å². The van der Waals surface area contributed by atoms with E-state index in [0.717, 1.165) is 0 Å². The molecule has 0 bridgehead atoms. The summed E-state index contributed by atoms with van der Waals surface area (Å²) >= 11 is 0.